The maximum Gasteiger partial charge on any atom is 0.335 e. The molecule has 176 valence electrons. The van der Waals surface area contributed by atoms with Crippen LogP contribution in [0.15, 0.2) is 53.2 Å². The number of hydrogen-bond donors (Lipinski definition) is 1. The molecule has 3 rings (SSSR count). The first-order valence-corrected chi connectivity index (χ1v) is 12.2. The molecule has 0 radical (unpaired) electrons. The molecule has 0 saturated heterocycles. The fraction of sp³-hybridized carbons (Fsp3) is 0.304. The van der Waals surface area contributed by atoms with Crippen molar-refractivity contribution in [3.05, 3.63) is 71.4 Å². The van der Waals surface area contributed by atoms with Crippen molar-refractivity contribution in [2.75, 3.05) is 18.5 Å². The van der Waals surface area contributed by atoms with Gasteiger partial charge in [0.25, 0.3) is 0 Å². The summed E-state index contributed by atoms with van der Waals surface area (Å²) in [6.07, 6.45) is 1.91. The Hall–Kier alpha value is -2.87. The standard InChI is InChI=1S/C23H25F2N2O5P/c1-3-30-33(29,31-4-2)15-16-5-9-19(10-6-16)27-22(28)12-7-17-14-26-32-23(17)20-11-8-18(24)13-21(20)25/h5-6,8-11,13-14H,3-4,7,12,15H2,1-2H3,(H,27,28). The van der Waals surface area contributed by atoms with Gasteiger partial charge in [-0.05, 0) is 50.1 Å². The smallest absolute Gasteiger partial charge is 0.335 e. The van der Waals surface area contributed by atoms with Gasteiger partial charge in [0.15, 0.2) is 5.76 Å². The Balaban J connectivity index is 1.58. The molecule has 0 aliphatic carbocycles. The molecular formula is C23H25F2N2O5P. The van der Waals surface area contributed by atoms with Gasteiger partial charge in [-0.2, -0.15) is 0 Å². The van der Waals surface area contributed by atoms with Crippen LogP contribution < -0.4 is 5.32 Å². The van der Waals surface area contributed by atoms with Gasteiger partial charge in [-0.25, -0.2) is 8.78 Å². The molecule has 0 fully saturated rings. The lowest BCUT2D eigenvalue weighted by molar-refractivity contribution is -0.116. The number of halogens is 2. The highest BCUT2D eigenvalue weighted by molar-refractivity contribution is 7.53. The van der Waals surface area contributed by atoms with Crippen molar-refractivity contribution in [2.45, 2.75) is 32.9 Å². The second-order valence-corrected chi connectivity index (χ2v) is 9.21. The van der Waals surface area contributed by atoms with E-state index in [-0.39, 0.29) is 49.4 Å². The normalized spacial score (nSPS) is 11.5. The van der Waals surface area contributed by atoms with Crippen molar-refractivity contribution in [3.8, 4) is 11.3 Å². The third-order valence-corrected chi connectivity index (χ3v) is 6.76. The molecule has 0 unspecified atom stereocenters. The summed E-state index contributed by atoms with van der Waals surface area (Å²) in [4.78, 5) is 12.4. The summed E-state index contributed by atoms with van der Waals surface area (Å²) in [5.74, 6) is -1.56. The number of benzene rings is 2. The summed E-state index contributed by atoms with van der Waals surface area (Å²) >= 11 is 0. The van der Waals surface area contributed by atoms with E-state index in [1.54, 1.807) is 38.1 Å². The number of carbonyl (C=O) groups is 1. The summed E-state index contributed by atoms with van der Waals surface area (Å²) < 4.78 is 55.6. The lowest BCUT2D eigenvalue weighted by atomic mass is 10.0. The lowest BCUT2D eigenvalue weighted by Crippen LogP contribution is -2.12. The molecule has 0 saturated carbocycles. The number of anilines is 1. The summed E-state index contributed by atoms with van der Waals surface area (Å²) in [7, 11) is -3.21. The summed E-state index contributed by atoms with van der Waals surface area (Å²) in [6.45, 7) is 4.08. The minimum atomic E-state index is -3.21. The SMILES string of the molecule is CCOP(=O)(Cc1ccc(NC(=O)CCc2cnoc2-c2ccc(F)cc2F)cc1)OCC. The second-order valence-electron chi connectivity index (χ2n) is 7.15. The van der Waals surface area contributed by atoms with E-state index in [1.807, 2.05) is 0 Å². The molecule has 0 aliphatic rings. The van der Waals surface area contributed by atoms with E-state index < -0.39 is 19.2 Å². The maximum absolute atomic E-state index is 14.1. The van der Waals surface area contributed by atoms with E-state index >= 15 is 0 Å². The number of nitrogens with one attached hydrogen (secondary N) is 1. The summed E-state index contributed by atoms with van der Waals surface area (Å²) in [6, 6.07) is 10.1. The number of carbonyl (C=O) groups excluding carboxylic acids is 1. The predicted molar refractivity (Wildman–Crippen MR) is 120 cm³/mol. The van der Waals surface area contributed by atoms with Gasteiger partial charge < -0.3 is 18.9 Å². The van der Waals surface area contributed by atoms with Gasteiger partial charge in [-0.15, -0.1) is 0 Å². The number of amides is 1. The van der Waals surface area contributed by atoms with Crippen molar-refractivity contribution in [3.63, 3.8) is 0 Å². The lowest BCUT2D eigenvalue weighted by Gasteiger charge is -2.17. The van der Waals surface area contributed by atoms with Crippen LogP contribution in [-0.2, 0) is 31.0 Å². The van der Waals surface area contributed by atoms with Crippen LogP contribution in [0.5, 0.6) is 0 Å². The van der Waals surface area contributed by atoms with E-state index in [1.165, 1.54) is 12.3 Å². The number of hydrogen-bond acceptors (Lipinski definition) is 6. The van der Waals surface area contributed by atoms with Gasteiger partial charge in [-0.1, -0.05) is 17.3 Å². The van der Waals surface area contributed by atoms with Gasteiger partial charge >= 0.3 is 7.60 Å². The molecule has 2 aromatic carbocycles. The molecule has 0 bridgehead atoms. The van der Waals surface area contributed by atoms with E-state index in [4.69, 9.17) is 13.6 Å². The quantitative estimate of drug-likeness (QED) is 0.342. The molecule has 0 spiro atoms. The second kappa shape index (κ2) is 11.3. The average Bonchev–Trinajstić information content (AvgIpc) is 3.22. The van der Waals surface area contributed by atoms with Crippen molar-refractivity contribution >= 4 is 19.2 Å². The first kappa shape index (κ1) is 24.8. The molecule has 33 heavy (non-hydrogen) atoms. The molecule has 1 aromatic heterocycles. The highest BCUT2D eigenvalue weighted by Gasteiger charge is 2.24. The fourth-order valence-corrected chi connectivity index (χ4v) is 4.95. The largest absolute Gasteiger partial charge is 0.356 e. The van der Waals surface area contributed by atoms with Crippen LogP contribution >= 0.6 is 7.60 Å². The van der Waals surface area contributed by atoms with Crippen molar-refractivity contribution < 1.29 is 31.7 Å². The van der Waals surface area contributed by atoms with Crippen LogP contribution in [0.2, 0.25) is 0 Å². The molecule has 1 amide bonds. The summed E-state index contributed by atoms with van der Waals surface area (Å²) in [5, 5.41) is 6.46. The zero-order chi connectivity index (χ0) is 23.8. The third-order valence-electron chi connectivity index (χ3n) is 4.71. The topological polar surface area (TPSA) is 90.7 Å². The Morgan fingerprint density at radius 3 is 2.42 bits per heavy atom. The van der Waals surface area contributed by atoms with Crippen molar-refractivity contribution in [1.82, 2.24) is 5.16 Å². The van der Waals surface area contributed by atoms with Crippen LogP contribution in [0, 0.1) is 11.6 Å². The predicted octanol–water partition coefficient (Wildman–Crippen LogP) is 5.96. The molecular weight excluding hydrogens is 453 g/mol. The Bertz CT molecular complexity index is 1120. The Morgan fingerprint density at radius 2 is 1.79 bits per heavy atom. The van der Waals surface area contributed by atoms with Gasteiger partial charge in [-0.3, -0.25) is 9.36 Å². The number of aromatic nitrogens is 1. The monoisotopic (exact) mass is 478 g/mol. The van der Waals surface area contributed by atoms with Gasteiger partial charge in [0.05, 0.1) is 31.1 Å². The molecule has 3 aromatic rings. The highest BCUT2D eigenvalue weighted by atomic mass is 31.2. The zero-order valence-electron chi connectivity index (χ0n) is 18.3. The van der Waals surface area contributed by atoms with Gasteiger partial charge in [0.2, 0.25) is 5.91 Å². The Kier molecular flexibility index (Phi) is 8.49. The minimum absolute atomic E-state index is 0.0799. The number of rotatable bonds is 11. The van der Waals surface area contributed by atoms with E-state index in [9.17, 15) is 18.1 Å². The molecule has 0 aliphatic heterocycles. The van der Waals surface area contributed by atoms with Crippen molar-refractivity contribution in [2.24, 2.45) is 0 Å². The average molecular weight is 478 g/mol. The first-order chi connectivity index (χ1) is 15.8. The first-order valence-electron chi connectivity index (χ1n) is 10.5. The van der Waals surface area contributed by atoms with Crippen LogP contribution in [0.1, 0.15) is 31.4 Å². The maximum atomic E-state index is 14.1. The van der Waals surface area contributed by atoms with E-state index in [0.717, 1.165) is 17.7 Å². The van der Waals surface area contributed by atoms with Crippen molar-refractivity contribution in [1.29, 1.82) is 0 Å². The zero-order valence-corrected chi connectivity index (χ0v) is 19.2. The number of nitrogens with zero attached hydrogens (tertiary/aromatic N) is 1. The molecule has 0 atom stereocenters. The van der Waals surface area contributed by atoms with E-state index in [2.05, 4.69) is 10.5 Å². The van der Waals surface area contributed by atoms with Crippen LogP contribution in [0.3, 0.4) is 0 Å². The molecule has 1 heterocycles. The molecule has 10 heteroatoms. The summed E-state index contributed by atoms with van der Waals surface area (Å²) in [5.41, 5.74) is 1.94. The fourth-order valence-electron chi connectivity index (χ4n) is 3.24. The minimum Gasteiger partial charge on any atom is -0.356 e. The Labute approximate surface area is 190 Å². The highest BCUT2D eigenvalue weighted by Crippen LogP contribution is 2.51. The van der Waals surface area contributed by atoms with Gasteiger partial charge in [0, 0.05) is 23.7 Å². The van der Waals surface area contributed by atoms with E-state index in [0.29, 0.717) is 11.3 Å². The third kappa shape index (κ3) is 6.81. The Morgan fingerprint density at radius 1 is 1.09 bits per heavy atom. The van der Waals surface area contributed by atoms with Crippen LogP contribution in [0.4, 0.5) is 14.5 Å². The molecule has 1 N–H and O–H groups in total. The van der Waals surface area contributed by atoms with Crippen LogP contribution in [0.25, 0.3) is 11.3 Å². The van der Waals surface area contributed by atoms with Crippen LogP contribution in [-0.4, -0.2) is 24.3 Å². The van der Waals surface area contributed by atoms with Gasteiger partial charge in [0.1, 0.15) is 11.6 Å². The molecule has 7 nitrogen and oxygen atoms in total. The number of aryl methyl sites for hydroxylation is 1.